The Hall–Kier alpha value is -1.68. The molecule has 1 aromatic carbocycles. The Morgan fingerprint density at radius 1 is 1.27 bits per heavy atom. The summed E-state index contributed by atoms with van der Waals surface area (Å²) < 4.78 is 0. The maximum atomic E-state index is 5.95. The summed E-state index contributed by atoms with van der Waals surface area (Å²) in [5.41, 5.74) is 7.25. The summed E-state index contributed by atoms with van der Waals surface area (Å²) in [6.07, 6.45) is 3.32. The van der Waals surface area contributed by atoms with Crippen LogP contribution < -0.4 is 5.73 Å². The molecule has 0 spiro atoms. The van der Waals surface area contributed by atoms with Gasteiger partial charge in [-0.1, -0.05) is 30.3 Å². The van der Waals surface area contributed by atoms with Crippen molar-refractivity contribution < 1.29 is 0 Å². The minimum Gasteiger partial charge on any atom is -0.321 e. The van der Waals surface area contributed by atoms with E-state index in [2.05, 4.69) is 27.3 Å². The predicted molar refractivity (Wildman–Crippen MR) is 58.1 cm³/mol. The second-order valence-corrected chi connectivity index (χ2v) is 3.50. The van der Waals surface area contributed by atoms with Crippen molar-refractivity contribution in [1.29, 1.82) is 0 Å². The lowest BCUT2D eigenvalue weighted by Crippen LogP contribution is -2.13. The first-order valence-corrected chi connectivity index (χ1v) is 5.01. The summed E-state index contributed by atoms with van der Waals surface area (Å²) in [5, 5.41) is 6.57. The summed E-state index contributed by atoms with van der Waals surface area (Å²) in [5.74, 6) is 0.755. The monoisotopic (exact) mass is 202 g/mol. The second kappa shape index (κ2) is 4.70. The van der Waals surface area contributed by atoms with Crippen LogP contribution in [-0.4, -0.2) is 15.2 Å². The highest BCUT2D eigenvalue weighted by Crippen LogP contribution is 2.12. The molecule has 0 saturated heterocycles. The third-order valence-electron chi connectivity index (χ3n) is 2.37. The first-order chi connectivity index (χ1) is 7.36. The smallest absolute Gasteiger partial charge is 0.141 e. The molecule has 2 aromatic rings. The fraction of sp³-hybridized carbons (Fsp3) is 0.273. The lowest BCUT2D eigenvalue weighted by atomic mass is 10.1. The molecule has 78 valence electrons. The summed E-state index contributed by atoms with van der Waals surface area (Å²) in [6, 6.07) is 10.2. The minimum atomic E-state index is -0.0623. The van der Waals surface area contributed by atoms with E-state index in [0.29, 0.717) is 0 Å². The number of hydrogen-bond donors (Lipinski definition) is 2. The molecule has 1 unspecified atom stereocenters. The SMILES string of the molecule is NC(CCc1ccccc1)c1ncn[nH]1. The number of hydrogen-bond acceptors (Lipinski definition) is 3. The predicted octanol–water partition coefficient (Wildman–Crippen LogP) is 1.44. The van der Waals surface area contributed by atoms with Crippen molar-refractivity contribution in [2.75, 3.05) is 0 Å². The molecule has 0 aliphatic carbocycles. The summed E-state index contributed by atoms with van der Waals surface area (Å²) >= 11 is 0. The maximum Gasteiger partial charge on any atom is 0.141 e. The van der Waals surface area contributed by atoms with Crippen LogP contribution in [0.4, 0.5) is 0 Å². The maximum absolute atomic E-state index is 5.95. The van der Waals surface area contributed by atoms with E-state index in [1.54, 1.807) is 0 Å². The van der Waals surface area contributed by atoms with Gasteiger partial charge in [0.15, 0.2) is 0 Å². The van der Waals surface area contributed by atoms with E-state index in [1.807, 2.05) is 18.2 Å². The van der Waals surface area contributed by atoms with Crippen LogP contribution in [0.2, 0.25) is 0 Å². The first kappa shape index (κ1) is 9.86. The van der Waals surface area contributed by atoms with E-state index < -0.39 is 0 Å². The van der Waals surface area contributed by atoms with Crippen LogP contribution in [0.15, 0.2) is 36.7 Å². The van der Waals surface area contributed by atoms with Gasteiger partial charge in [-0.25, -0.2) is 4.98 Å². The Kier molecular flexibility index (Phi) is 3.09. The Morgan fingerprint density at radius 2 is 2.07 bits per heavy atom. The van der Waals surface area contributed by atoms with Gasteiger partial charge in [0.1, 0.15) is 12.2 Å². The molecule has 3 N–H and O–H groups in total. The lowest BCUT2D eigenvalue weighted by Gasteiger charge is -2.07. The zero-order valence-corrected chi connectivity index (χ0v) is 8.43. The number of nitrogens with zero attached hydrogens (tertiary/aromatic N) is 2. The largest absolute Gasteiger partial charge is 0.321 e. The molecule has 0 bridgehead atoms. The third kappa shape index (κ3) is 2.63. The van der Waals surface area contributed by atoms with Crippen molar-refractivity contribution in [1.82, 2.24) is 15.2 Å². The van der Waals surface area contributed by atoms with Gasteiger partial charge in [-0.05, 0) is 18.4 Å². The van der Waals surface area contributed by atoms with Crippen LogP contribution in [0.3, 0.4) is 0 Å². The Bertz CT molecular complexity index is 382. The number of H-pyrrole nitrogens is 1. The number of nitrogens with two attached hydrogens (primary N) is 1. The number of benzene rings is 1. The molecule has 1 aromatic heterocycles. The van der Waals surface area contributed by atoms with Crippen molar-refractivity contribution in [3.63, 3.8) is 0 Å². The van der Waals surface area contributed by atoms with Gasteiger partial charge >= 0.3 is 0 Å². The summed E-state index contributed by atoms with van der Waals surface area (Å²) in [7, 11) is 0. The molecule has 0 aliphatic rings. The molecular formula is C11H14N4. The number of nitrogens with one attached hydrogen (secondary N) is 1. The Balaban J connectivity index is 1.89. The highest BCUT2D eigenvalue weighted by Gasteiger charge is 2.08. The Labute approximate surface area is 88.5 Å². The van der Waals surface area contributed by atoms with Crippen LogP contribution >= 0.6 is 0 Å². The van der Waals surface area contributed by atoms with Gasteiger partial charge in [0.05, 0.1) is 6.04 Å². The molecule has 0 amide bonds. The number of rotatable bonds is 4. The fourth-order valence-electron chi connectivity index (χ4n) is 1.50. The molecule has 0 saturated carbocycles. The van der Waals surface area contributed by atoms with Gasteiger partial charge in [-0.2, -0.15) is 5.10 Å². The average molecular weight is 202 g/mol. The Morgan fingerprint density at radius 3 is 2.73 bits per heavy atom. The average Bonchev–Trinajstić information content (AvgIpc) is 2.81. The van der Waals surface area contributed by atoms with Crippen molar-refractivity contribution >= 4 is 0 Å². The van der Waals surface area contributed by atoms with Crippen LogP contribution in [0.25, 0.3) is 0 Å². The highest BCUT2D eigenvalue weighted by atomic mass is 15.2. The summed E-state index contributed by atoms with van der Waals surface area (Å²) in [6.45, 7) is 0. The van der Waals surface area contributed by atoms with Crippen LogP contribution in [0.5, 0.6) is 0 Å². The number of aromatic amines is 1. The summed E-state index contributed by atoms with van der Waals surface area (Å²) in [4.78, 5) is 4.04. The highest BCUT2D eigenvalue weighted by molar-refractivity contribution is 5.15. The minimum absolute atomic E-state index is 0.0623. The van der Waals surface area contributed by atoms with Crippen LogP contribution in [-0.2, 0) is 6.42 Å². The lowest BCUT2D eigenvalue weighted by molar-refractivity contribution is 0.615. The quantitative estimate of drug-likeness (QED) is 0.788. The van der Waals surface area contributed by atoms with Crippen LogP contribution in [0, 0.1) is 0 Å². The first-order valence-electron chi connectivity index (χ1n) is 5.01. The molecule has 1 atom stereocenters. The van der Waals surface area contributed by atoms with E-state index >= 15 is 0 Å². The molecule has 1 heterocycles. The molecular weight excluding hydrogens is 188 g/mol. The van der Waals surface area contributed by atoms with Gasteiger partial charge in [0.2, 0.25) is 0 Å². The van der Waals surface area contributed by atoms with Gasteiger partial charge in [0.25, 0.3) is 0 Å². The molecule has 0 fully saturated rings. The van der Waals surface area contributed by atoms with Gasteiger partial charge < -0.3 is 5.73 Å². The van der Waals surface area contributed by atoms with E-state index in [0.717, 1.165) is 18.7 Å². The third-order valence-corrected chi connectivity index (χ3v) is 2.37. The van der Waals surface area contributed by atoms with E-state index in [1.165, 1.54) is 11.9 Å². The van der Waals surface area contributed by atoms with Crippen molar-refractivity contribution in [3.8, 4) is 0 Å². The number of aromatic nitrogens is 3. The molecule has 0 radical (unpaired) electrons. The van der Waals surface area contributed by atoms with Crippen molar-refractivity contribution in [3.05, 3.63) is 48.0 Å². The van der Waals surface area contributed by atoms with Crippen molar-refractivity contribution in [2.24, 2.45) is 5.73 Å². The van der Waals surface area contributed by atoms with Gasteiger partial charge in [0, 0.05) is 0 Å². The van der Waals surface area contributed by atoms with Gasteiger partial charge in [-0.15, -0.1) is 0 Å². The molecule has 4 heteroatoms. The zero-order valence-electron chi connectivity index (χ0n) is 8.43. The van der Waals surface area contributed by atoms with E-state index in [-0.39, 0.29) is 6.04 Å². The number of aryl methyl sites for hydroxylation is 1. The molecule has 2 rings (SSSR count). The molecule has 15 heavy (non-hydrogen) atoms. The van der Waals surface area contributed by atoms with Crippen LogP contribution in [0.1, 0.15) is 23.9 Å². The normalized spacial score (nSPS) is 12.6. The van der Waals surface area contributed by atoms with Gasteiger partial charge in [-0.3, -0.25) is 5.10 Å². The van der Waals surface area contributed by atoms with E-state index in [4.69, 9.17) is 5.73 Å². The zero-order chi connectivity index (χ0) is 10.5. The molecule has 4 nitrogen and oxygen atoms in total. The van der Waals surface area contributed by atoms with Crippen molar-refractivity contribution in [2.45, 2.75) is 18.9 Å². The standard InChI is InChI=1S/C11H14N4/c12-10(11-13-8-14-15-11)7-6-9-4-2-1-3-5-9/h1-5,8,10H,6-7,12H2,(H,13,14,15). The van der Waals surface area contributed by atoms with E-state index in [9.17, 15) is 0 Å². The second-order valence-electron chi connectivity index (χ2n) is 3.50. The topological polar surface area (TPSA) is 67.6 Å². The fourth-order valence-corrected chi connectivity index (χ4v) is 1.50. The molecule has 0 aliphatic heterocycles.